The van der Waals surface area contributed by atoms with E-state index >= 15 is 0 Å². The van der Waals surface area contributed by atoms with E-state index in [9.17, 15) is 4.79 Å². The molecule has 1 aliphatic carbocycles. The van der Waals surface area contributed by atoms with Gasteiger partial charge in [-0.3, -0.25) is 0 Å². The van der Waals surface area contributed by atoms with E-state index in [0.717, 1.165) is 69.2 Å². The van der Waals surface area contributed by atoms with Gasteiger partial charge in [-0.2, -0.15) is 0 Å². The summed E-state index contributed by atoms with van der Waals surface area (Å²) in [7, 11) is 1.43. The molecule has 0 atom stereocenters. The van der Waals surface area contributed by atoms with Crippen molar-refractivity contribution in [1.29, 1.82) is 0 Å². The number of carbonyl (C=O) groups excluding carboxylic acids is 1. The van der Waals surface area contributed by atoms with Crippen LogP contribution in [-0.2, 0) is 10.2 Å². The maximum Gasteiger partial charge on any atom is 0.341 e. The van der Waals surface area contributed by atoms with E-state index < -0.39 is 0 Å². The predicted octanol–water partition coefficient (Wildman–Crippen LogP) is 4.36. The molecule has 2 aromatic rings. The number of hydrogen-bond acceptors (Lipinski definition) is 5. The Morgan fingerprint density at radius 1 is 1.14 bits per heavy atom. The molecule has 4 rings (SSSR count). The first kappa shape index (κ1) is 18.9. The molecule has 0 N–H and O–H groups in total. The average Bonchev–Trinajstić information content (AvgIpc) is 3.25. The molecule has 1 aliphatic heterocycles. The summed E-state index contributed by atoms with van der Waals surface area (Å²) in [6.45, 7) is 4.24. The fourth-order valence-corrected chi connectivity index (χ4v) is 4.76. The number of anilines is 1. The van der Waals surface area contributed by atoms with E-state index in [1.165, 1.54) is 12.7 Å². The lowest BCUT2D eigenvalue weighted by Crippen LogP contribution is -2.36. The van der Waals surface area contributed by atoms with Crippen molar-refractivity contribution in [3.05, 3.63) is 53.3 Å². The largest absolute Gasteiger partial charge is 0.465 e. The third-order valence-electron chi connectivity index (χ3n) is 6.48. The Hall–Kier alpha value is -2.43. The Morgan fingerprint density at radius 3 is 2.46 bits per heavy atom. The number of ether oxygens (including phenoxy) is 1. The van der Waals surface area contributed by atoms with Gasteiger partial charge in [-0.25, -0.2) is 14.8 Å². The van der Waals surface area contributed by atoms with E-state index in [4.69, 9.17) is 9.72 Å². The Balaban J connectivity index is 1.82. The van der Waals surface area contributed by atoms with Crippen LogP contribution in [0.3, 0.4) is 0 Å². The summed E-state index contributed by atoms with van der Waals surface area (Å²) in [5.74, 6) is 1.14. The minimum Gasteiger partial charge on any atom is -0.465 e. The molecule has 2 aliphatic rings. The zero-order chi connectivity index (χ0) is 19.6. The van der Waals surface area contributed by atoms with Crippen molar-refractivity contribution >= 4 is 11.9 Å². The summed E-state index contributed by atoms with van der Waals surface area (Å²) < 4.78 is 5.08. The number of carbonyl (C=O) groups is 1. The number of methoxy groups -OCH3 is 1. The topological polar surface area (TPSA) is 55.3 Å². The number of hydrogen-bond donors (Lipinski definition) is 0. The molecule has 1 saturated carbocycles. The molecule has 0 unspecified atom stereocenters. The van der Waals surface area contributed by atoms with Crippen LogP contribution >= 0.6 is 0 Å². The van der Waals surface area contributed by atoms with Crippen molar-refractivity contribution in [1.82, 2.24) is 9.97 Å². The third-order valence-corrected chi connectivity index (χ3v) is 6.48. The number of rotatable bonds is 4. The Bertz CT molecular complexity index is 823. The molecule has 0 spiro atoms. The van der Waals surface area contributed by atoms with Crippen molar-refractivity contribution in [3.63, 3.8) is 0 Å². The maximum atomic E-state index is 12.6. The van der Waals surface area contributed by atoms with E-state index in [2.05, 4.69) is 41.1 Å². The molecule has 5 heteroatoms. The molecule has 0 amide bonds. The molecule has 1 saturated heterocycles. The van der Waals surface area contributed by atoms with Crippen LogP contribution in [0.15, 0.2) is 36.5 Å². The van der Waals surface area contributed by atoms with Crippen molar-refractivity contribution in [3.8, 4) is 0 Å². The van der Waals surface area contributed by atoms with E-state index in [-0.39, 0.29) is 11.4 Å². The predicted molar refractivity (Wildman–Crippen MR) is 110 cm³/mol. The summed E-state index contributed by atoms with van der Waals surface area (Å²) in [6.07, 6.45) is 8.25. The Labute approximate surface area is 167 Å². The average molecular weight is 380 g/mol. The number of esters is 1. The zero-order valence-corrected chi connectivity index (χ0v) is 16.9. The molecule has 1 aromatic carbocycles. The van der Waals surface area contributed by atoms with Gasteiger partial charge in [-0.05, 0) is 37.2 Å². The first-order valence-corrected chi connectivity index (χ1v) is 10.4. The second-order valence-electron chi connectivity index (χ2n) is 8.25. The molecule has 1 aromatic heterocycles. The quantitative estimate of drug-likeness (QED) is 0.739. The lowest BCUT2D eigenvalue weighted by atomic mass is 9.74. The highest BCUT2D eigenvalue weighted by atomic mass is 16.5. The Morgan fingerprint density at radius 2 is 1.82 bits per heavy atom. The summed E-state index contributed by atoms with van der Waals surface area (Å²) in [6, 6.07) is 10.5. The van der Waals surface area contributed by atoms with Crippen LogP contribution in [0.25, 0.3) is 0 Å². The van der Waals surface area contributed by atoms with Gasteiger partial charge in [0.25, 0.3) is 0 Å². The van der Waals surface area contributed by atoms with Gasteiger partial charge >= 0.3 is 5.97 Å². The van der Waals surface area contributed by atoms with Crippen molar-refractivity contribution in [2.24, 2.45) is 5.92 Å². The molecular formula is C23H29N3O2. The fraction of sp³-hybridized carbons (Fsp3) is 0.522. The van der Waals surface area contributed by atoms with E-state index in [0.29, 0.717) is 5.56 Å². The fourth-order valence-electron chi connectivity index (χ4n) is 4.76. The standard InChI is InChI=1S/C23H29N3O2/c1-17-10-14-26(15-11-17)22-24-16-19(21(27)28-2)20(25-22)23(12-6-7-13-23)18-8-4-3-5-9-18/h3-5,8-9,16-17H,6-7,10-15H2,1-2H3. The normalized spacial score (nSPS) is 19.6. The molecule has 2 fully saturated rings. The number of benzene rings is 1. The smallest absolute Gasteiger partial charge is 0.341 e. The molecule has 0 bridgehead atoms. The minimum atomic E-state index is -0.351. The first-order chi connectivity index (χ1) is 13.6. The summed E-state index contributed by atoms with van der Waals surface area (Å²) in [4.78, 5) is 24.4. The Kier molecular flexibility index (Phi) is 5.33. The molecule has 2 heterocycles. The first-order valence-electron chi connectivity index (χ1n) is 10.4. The zero-order valence-electron chi connectivity index (χ0n) is 16.9. The van der Waals surface area contributed by atoms with Gasteiger partial charge in [0.15, 0.2) is 0 Å². The van der Waals surface area contributed by atoms with Crippen LogP contribution in [0.4, 0.5) is 5.95 Å². The van der Waals surface area contributed by atoms with Crippen molar-refractivity contribution in [2.45, 2.75) is 50.9 Å². The van der Waals surface area contributed by atoms with Gasteiger partial charge in [0.2, 0.25) is 5.95 Å². The molecule has 0 radical (unpaired) electrons. The van der Waals surface area contributed by atoms with Crippen LogP contribution in [0, 0.1) is 5.92 Å². The summed E-state index contributed by atoms with van der Waals surface area (Å²) in [5.41, 5.74) is 2.33. The lowest BCUT2D eigenvalue weighted by Gasteiger charge is -2.34. The van der Waals surface area contributed by atoms with Gasteiger partial charge < -0.3 is 9.64 Å². The third kappa shape index (κ3) is 3.38. The molecular weight excluding hydrogens is 350 g/mol. The maximum absolute atomic E-state index is 12.6. The van der Waals surface area contributed by atoms with E-state index in [1.807, 2.05) is 6.07 Å². The van der Waals surface area contributed by atoms with Gasteiger partial charge in [0.1, 0.15) is 5.56 Å². The minimum absolute atomic E-state index is 0.244. The highest BCUT2D eigenvalue weighted by Crippen LogP contribution is 2.47. The highest BCUT2D eigenvalue weighted by molar-refractivity contribution is 5.91. The second-order valence-corrected chi connectivity index (χ2v) is 8.25. The molecule has 28 heavy (non-hydrogen) atoms. The van der Waals surface area contributed by atoms with Crippen LogP contribution < -0.4 is 4.90 Å². The van der Waals surface area contributed by atoms with Crippen molar-refractivity contribution in [2.75, 3.05) is 25.1 Å². The van der Waals surface area contributed by atoms with Gasteiger partial charge in [-0.15, -0.1) is 0 Å². The SMILES string of the molecule is COC(=O)c1cnc(N2CCC(C)CC2)nc1C1(c2ccccc2)CCCC1. The van der Waals surface area contributed by atoms with Gasteiger partial charge in [-0.1, -0.05) is 50.1 Å². The molecule has 148 valence electrons. The van der Waals surface area contributed by atoms with Crippen LogP contribution in [0.5, 0.6) is 0 Å². The van der Waals surface area contributed by atoms with Gasteiger partial charge in [0, 0.05) is 24.7 Å². The summed E-state index contributed by atoms with van der Waals surface area (Å²) >= 11 is 0. The van der Waals surface area contributed by atoms with Crippen LogP contribution in [0.1, 0.15) is 67.1 Å². The van der Waals surface area contributed by atoms with E-state index in [1.54, 1.807) is 6.20 Å². The highest BCUT2D eigenvalue weighted by Gasteiger charge is 2.42. The lowest BCUT2D eigenvalue weighted by molar-refractivity contribution is 0.0596. The van der Waals surface area contributed by atoms with Crippen LogP contribution in [-0.4, -0.2) is 36.1 Å². The molecule has 5 nitrogen and oxygen atoms in total. The van der Waals surface area contributed by atoms with Crippen molar-refractivity contribution < 1.29 is 9.53 Å². The van der Waals surface area contributed by atoms with Gasteiger partial charge in [0.05, 0.1) is 12.8 Å². The monoisotopic (exact) mass is 379 g/mol. The number of nitrogens with zero attached hydrogens (tertiary/aromatic N) is 3. The van der Waals surface area contributed by atoms with Crippen LogP contribution in [0.2, 0.25) is 0 Å². The number of piperidine rings is 1. The summed E-state index contributed by atoms with van der Waals surface area (Å²) in [5, 5.41) is 0. The number of aromatic nitrogens is 2. The second kappa shape index (κ2) is 7.90.